The molecule has 0 atom stereocenters. The summed E-state index contributed by atoms with van der Waals surface area (Å²) >= 11 is 3.64. The summed E-state index contributed by atoms with van der Waals surface area (Å²) in [6.07, 6.45) is 0.981. The van der Waals surface area contributed by atoms with E-state index in [0.717, 1.165) is 53.3 Å². The van der Waals surface area contributed by atoms with Crippen molar-refractivity contribution in [1.82, 2.24) is 5.32 Å². The first-order valence-corrected chi connectivity index (χ1v) is 9.77. The van der Waals surface area contributed by atoms with Gasteiger partial charge in [0, 0.05) is 29.8 Å². The zero-order valence-corrected chi connectivity index (χ0v) is 17.4. The van der Waals surface area contributed by atoms with E-state index in [-0.39, 0.29) is 0 Å². The fraction of sp³-hybridized carbons (Fsp3) is 0.429. The zero-order chi connectivity index (χ0) is 18.8. The Morgan fingerprint density at radius 2 is 2.00 bits per heavy atom. The van der Waals surface area contributed by atoms with Crippen molar-refractivity contribution in [1.29, 1.82) is 0 Å². The first-order valence-electron chi connectivity index (χ1n) is 8.97. The van der Waals surface area contributed by atoms with Crippen LogP contribution >= 0.6 is 15.9 Å². The maximum Gasteiger partial charge on any atom is 0.167 e. The van der Waals surface area contributed by atoms with Crippen molar-refractivity contribution in [2.45, 2.75) is 33.4 Å². The summed E-state index contributed by atoms with van der Waals surface area (Å²) in [7, 11) is 1.67. The molecule has 0 radical (unpaired) electrons. The number of rotatable bonds is 11. The predicted octanol–water partition coefficient (Wildman–Crippen LogP) is 4.86. The van der Waals surface area contributed by atoms with Crippen molar-refractivity contribution >= 4 is 15.9 Å². The Kier molecular flexibility index (Phi) is 8.95. The Bertz CT molecular complexity index is 691. The number of hydrogen-bond acceptors (Lipinski definition) is 4. The van der Waals surface area contributed by atoms with Crippen LogP contribution in [0.2, 0.25) is 0 Å². The molecule has 5 heteroatoms. The van der Waals surface area contributed by atoms with Crippen molar-refractivity contribution in [3.05, 3.63) is 57.6 Å². The Hall–Kier alpha value is -1.56. The van der Waals surface area contributed by atoms with E-state index in [9.17, 15) is 0 Å². The standard InChI is InChI=1S/C21H28BrNO3/c1-4-25-12-6-11-23-14-18-19(22)9-10-20(24-3)21(18)26-15-17-8-5-7-16(2)13-17/h5,7-10,13,23H,4,6,11-12,14-15H2,1-3H3. The van der Waals surface area contributed by atoms with Gasteiger partial charge in [0.15, 0.2) is 11.5 Å². The molecule has 4 nitrogen and oxygen atoms in total. The highest BCUT2D eigenvalue weighted by Crippen LogP contribution is 2.36. The molecule has 1 N–H and O–H groups in total. The molecule has 0 unspecified atom stereocenters. The first-order chi connectivity index (χ1) is 12.7. The SMILES string of the molecule is CCOCCCNCc1c(Br)ccc(OC)c1OCc1cccc(C)c1. The monoisotopic (exact) mass is 421 g/mol. The van der Waals surface area contributed by atoms with Crippen molar-refractivity contribution in [3.63, 3.8) is 0 Å². The Labute approximate surface area is 165 Å². The van der Waals surface area contributed by atoms with E-state index < -0.39 is 0 Å². The summed E-state index contributed by atoms with van der Waals surface area (Å²) in [4.78, 5) is 0. The van der Waals surface area contributed by atoms with Gasteiger partial charge in [-0.3, -0.25) is 0 Å². The average Bonchev–Trinajstić information content (AvgIpc) is 2.64. The molecule has 142 valence electrons. The van der Waals surface area contributed by atoms with Crippen LogP contribution in [-0.2, 0) is 17.9 Å². The van der Waals surface area contributed by atoms with Gasteiger partial charge in [-0.1, -0.05) is 45.8 Å². The quantitative estimate of drug-likeness (QED) is 0.525. The van der Waals surface area contributed by atoms with Crippen LogP contribution in [0.3, 0.4) is 0 Å². The summed E-state index contributed by atoms with van der Waals surface area (Å²) in [5.74, 6) is 1.52. The number of ether oxygens (including phenoxy) is 3. The first kappa shape index (κ1) is 20.7. The second-order valence-corrected chi connectivity index (χ2v) is 6.92. The number of hydrogen-bond donors (Lipinski definition) is 1. The van der Waals surface area contributed by atoms with Crippen LogP contribution in [0.1, 0.15) is 30.0 Å². The molecule has 0 fully saturated rings. The van der Waals surface area contributed by atoms with Gasteiger partial charge >= 0.3 is 0 Å². The highest BCUT2D eigenvalue weighted by Gasteiger charge is 2.14. The van der Waals surface area contributed by atoms with E-state index in [1.54, 1.807) is 7.11 Å². The number of methoxy groups -OCH3 is 1. The Balaban J connectivity index is 2.06. The topological polar surface area (TPSA) is 39.7 Å². The van der Waals surface area contributed by atoms with E-state index >= 15 is 0 Å². The molecule has 2 aromatic rings. The number of halogens is 1. The molecule has 0 aliphatic carbocycles. The summed E-state index contributed by atoms with van der Waals surface area (Å²) in [6.45, 7) is 7.73. The molecule has 0 aliphatic rings. The smallest absolute Gasteiger partial charge is 0.167 e. The van der Waals surface area contributed by atoms with Gasteiger partial charge in [0.2, 0.25) is 0 Å². The molecule has 26 heavy (non-hydrogen) atoms. The molecule has 0 aliphatic heterocycles. The molecule has 0 heterocycles. The van der Waals surface area contributed by atoms with Gasteiger partial charge in [0.05, 0.1) is 7.11 Å². The zero-order valence-electron chi connectivity index (χ0n) is 15.8. The van der Waals surface area contributed by atoms with E-state index in [2.05, 4.69) is 46.4 Å². The molecule has 2 aromatic carbocycles. The van der Waals surface area contributed by atoms with Crippen molar-refractivity contribution in [3.8, 4) is 11.5 Å². The van der Waals surface area contributed by atoms with Crippen LogP contribution in [0.15, 0.2) is 40.9 Å². The molecule has 0 saturated heterocycles. The predicted molar refractivity (Wildman–Crippen MR) is 109 cm³/mol. The molecule has 0 aromatic heterocycles. The maximum atomic E-state index is 6.16. The van der Waals surface area contributed by atoms with E-state index in [4.69, 9.17) is 14.2 Å². The fourth-order valence-electron chi connectivity index (χ4n) is 2.68. The fourth-order valence-corrected chi connectivity index (χ4v) is 3.13. The van der Waals surface area contributed by atoms with Crippen molar-refractivity contribution in [2.24, 2.45) is 0 Å². The average molecular weight is 422 g/mol. The van der Waals surface area contributed by atoms with Crippen molar-refractivity contribution in [2.75, 3.05) is 26.9 Å². The number of nitrogens with one attached hydrogen (secondary N) is 1. The van der Waals surface area contributed by atoms with Crippen LogP contribution in [0.5, 0.6) is 11.5 Å². The summed E-state index contributed by atoms with van der Waals surface area (Å²) < 4.78 is 18.1. The maximum absolute atomic E-state index is 6.16. The third-order valence-electron chi connectivity index (χ3n) is 4.00. The highest BCUT2D eigenvalue weighted by molar-refractivity contribution is 9.10. The van der Waals surface area contributed by atoms with Gasteiger partial charge in [-0.2, -0.15) is 0 Å². The van der Waals surface area contributed by atoms with Crippen LogP contribution < -0.4 is 14.8 Å². The van der Waals surface area contributed by atoms with Crippen LogP contribution in [0.25, 0.3) is 0 Å². The molecule has 0 spiro atoms. The van der Waals surface area contributed by atoms with Crippen molar-refractivity contribution < 1.29 is 14.2 Å². The number of benzene rings is 2. The third kappa shape index (κ3) is 6.31. The largest absolute Gasteiger partial charge is 0.493 e. The van der Waals surface area contributed by atoms with Crippen LogP contribution in [0, 0.1) is 6.92 Å². The van der Waals surface area contributed by atoms with Crippen LogP contribution in [-0.4, -0.2) is 26.9 Å². The van der Waals surface area contributed by atoms with Gasteiger partial charge < -0.3 is 19.5 Å². The Morgan fingerprint density at radius 3 is 2.73 bits per heavy atom. The van der Waals surface area contributed by atoms with Gasteiger partial charge in [-0.15, -0.1) is 0 Å². The Morgan fingerprint density at radius 1 is 1.15 bits per heavy atom. The van der Waals surface area contributed by atoms with Gasteiger partial charge in [-0.05, 0) is 44.5 Å². The minimum absolute atomic E-state index is 0.506. The molecule has 0 bridgehead atoms. The second kappa shape index (κ2) is 11.2. The summed E-state index contributed by atoms with van der Waals surface area (Å²) in [5, 5.41) is 3.45. The highest BCUT2D eigenvalue weighted by atomic mass is 79.9. The van der Waals surface area contributed by atoms with Gasteiger partial charge in [-0.25, -0.2) is 0 Å². The lowest BCUT2D eigenvalue weighted by molar-refractivity contribution is 0.144. The molecule has 2 rings (SSSR count). The molecule has 0 saturated carbocycles. The molecule has 0 amide bonds. The lowest BCUT2D eigenvalue weighted by Gasteiger charge is -2.17. The lowest BCUT2D eigenvalue weighted by atomic mass is 10.1. The van der Waals surface area contributed by atoms with Gasteiger partial charge in [0.25, 0.3) is 0 Å². The minimum atomic E-state index is 0.506. The summed E-state index contributed by atoms with van der Waals surface area (Å²) in [5.41, 5.74) is 3.43. The van der Waals surface area contributed by atoms with E-state index in [1.165, 1.54) is 5.56 Å². The second-order valence-electron chi connectivity index (χ2n) is 6.06. The summed E-state index contributed by atoms with van der Waals surface area (Å²) in [6, 6.07) is 12.3. The van der Waals surface area contributed by atoms with E-state index in [1.807, 2.05) is 25.1 Å². The lowest BCUT2D eigenvalue weighted by Crippen LogP contribution is -2.17. The molecular weight excluding hydrogens is 394 g/mol. The molecular formula is C21H28BrNO3. The van der Waals surface area contributed by atoms with E-state index in [0.29, 0.717) is 13.2 Å². The third-order valence-corrected chi connectivity index (χ3v) is 4.74. The minimum Gasteiger partial charge on any atom is -0.493 e. The van der Waals surface area contributed by atoms with Gasteiger partial charge in [0.1, 0.15) is 6.61 Å². The number of aryl methyl sites for hydroxylation is 1. The van der Waals surface area contributed by atoms with Crippen LogP contribution in [0.4, 0.5) is 0 Å². The normalized spacial score (nSPS) is 10.8.